The molecule has 1 heterocycles. The van der Waals surface area contributed by atoms with Gasteiger partial charge in [-0.15, -0.1) is 0 Å². The van der Waals surface area contributed by atoms with Crippen molar-refractivity contribution >= 4 is 11.8 Å². The van der Waals surface area contributed by atoms with Crippen LogP contribution in [0.1, 0.15) is 29.3 Å². The minimum atomic E-state index is -0.459. The largest absolute Gasteiger partial charge is 0.366 e. The number of benzene rings is 1. The maximum Gasteiger partial charge on any atom is 0.248 e. The topological polar surface area (TPSA) is 84.2 Å². The van der Waals surface area contributed by atoms with Gasteiger partial charge in [-0.05, 0) is 36.6 Å². The van der Waals surface area contributed by atoms with Crippen molar-refractivity contribution in [3.63, 3.8) is 0 Å². The fourth-order valence-electron chi connectivity index (χ4n) is 2.32. The number of primary amides is 1. The molecule has 1 fully saturated rings. The monoisotopic (exact) mass is 261 g/mol. The lowest BCUT2D eigenvalue weighted by Gasteiger charge is -2.15. The second-order valence-electron chi connectivity index (χ2n) is 4.98. The van der Waals surface area contributed by atoms with Gasteiger partial charge in [0.15, 0.2) is 0 Å². The second-order valence-corrected chi connectivity index (χ2v) is 4.98. The van der Waals surface area contributed by atoms with Gasteiger partial charge >= 0.3 is 0 Å². The summed E-state index contributed by atoms with van der Waals surface area (Å²) in [6.45, 7) is 3.36. The molecule has 0 aromatic heterocycles. The number of amides is 2. The van der Waals surface area contributed by atoms with E-state index in [0.29, 0.717) is 18.0 Å². The minimum Gasteiger partial charge on any atom is -0.366 e. The van der Waals surface area contributed by atoms with Crippen LogP contribution in [0.5, 0.6) is 0 Å². The fourth-order valence-corrected chi connectivity index (χ4v) is 2.32. The molecule has 0 bridgehead atoms. The van der Waals surface area contributed by atoms with Gasteiger partial charge in [0.2, 0.25) is 11.8 Å². The highest BCUT2D eigenvalue weighted by atomic mass is 16.2. The molecule has 0 aliphatic carbocycles. The molecule has 5 heteroatoms. The van der Waals surface area contributed by atoms with Crippen molar-refractivity contribution < 1.29 is 9.59 Å². The van der Waals surface area contributed by atoms with E-state index in [9.17, 15) is 9.59 Å². The molecule has 0 saturated carbocycles. The molecule has 19 heavy (non-hydrogen) atoms. The van der Waals surface area contributed by atoms with Crippen LogP contribution in [-0.2, 0) is 11.3 Å². The van der Waals surface area contributed by atoms with Gasteiger partial charge in [0.25, 0.3) is 0 Å². The minimum absolute atomic E-state index is 0.00878. The second kappa shape index (κ2) is 5.84. The first kappa shape index (κ1) is 13.5. The van der Waals surface area contributed by atoms with Gasteiger partial charge in [-0.3, -0.25) is 9.59 Å². The average molecular weight is 261 g/mol. The van der Waals surface area contributed by atoms with Crippen molar-refractivity contribution in [1.29, 1.82) is 0 Å². The molecule has 2 rings (SSSR count). The summed E-state index contributed by atoms with van der Waals surface area (Å²) >= 11 is 0. The van der Waals surface area contributed by atoms with Crippen LogP contribution in [0, 0.1) is 5.92 Å². The predicted molar refractivity (Wildman–Crippen MR) is 72.4 cm³/mol. The van der Waals surface area contributed by atoms with E-state index in [1.165, 1.54) is 0 Å². The van der Waals surface area contributed by atoms with E-state index in [2.05, 4.69) is 17.6 Å². The molecule has 4 N–H and O–H groups in total. The van der Waals surface area contributed by atoms with Gasteiger partial charge in [-0.2, -0.15) is 0 Å². The predicted octanol–water partition coefficient (Wildman–Crippen LogP) is 0.400. The van der Waals surface area contributed by atoms with Crippen LogP contribution in [0.15, 0.2) is 24.3 Å². The smallest absolute Gasteiger partial charge is 0.248 e. The summed E-state index contributed by atoms with van der Waals surface area (Å²) in [4.78, 5) is 23.1. The normalized spacial score (nSPS) is 22.2. The highest BCUT2D eigenvalue weighted by Crippen LogP contribution is 2.14. The van der Waals surface area contributed by atoms with E-state index in [1.54, 1.807) is 18.2 Å². The quantitative estimate of drug-likeness (QED) is 0.733. The molecule has 2 unspecified atom stereocenters. The van der Waals surface area contributed by atoms with Crippen molar-refractivity contribution in [2.45, 2.75) is 25.9 Å². The molecule has 1 aromatic carbocycles. The van der Waals surface area contributed by atoms with E-state index in [4.69, 9.17) is 5.73 Å². The van der Waals surface area contributed by atoms with Crippen LogP contribution in [0.2, 0.25) is 0 Å². The molecule has 102 valence electrons. The van der Waals surface area contributed by atoms with Crippen molar-refractivity contribution in [1.82, 2.24) is 10.6 Å². The van der Waals surface area contributed by atoms with Gasteiger partial charge in [0.05, 0.1) is 6.04 Å². The van der Waals surface area contributed by atoms with E-state index in [-0.39, 0.29) is 11.9 Å². The first-order valence-electron chi connectivity index (χ1n) is 6.48. The van der Waals surface area contributed by atoms with Gasteiger partial charge in [0.1, 0.15) is 0 Å². The van der Waals surface area contributed by atoms with Gasteiger partial charge < -0.3 is 16.4 Å². The number of nitrogens with one attached hydrogen (secondary N) is 2. The Bertz CT molecular complexity index is 487. The average Bonchev–Trinajstić information content (AvgIpc) is 2.82. The molecule has 2 atom stereocenters. The molecule has 1 aromatic rings. The standard InChI is InChI=1S/C14H19N3O2/c1-9-5-6-16-12(9)14(19)17-8-10-3-2-4-11(7-10)13(15)18/h2-4,7,9,12,16H,5-6,8H2,1H3,(H2,15,18)(H,17,19). The molecular weight excluding hydrogens is 242 g/mol. The zero-order chi connectivity index (χ0) is 13.8. The Labute approximate surface area is 112 Å². The van der Waals surface area contributed by atoms with Crippen LogP contribution in [-0.4, -0.2) is 24.4 Å². The molecule has 0 radical (unpaired) electrons. The van der Waals surface area contributed by atoms with Crippen molar-refractivity contribution in [2.24, 2.45) is 11.7 Å². The van der Waals surface area contributed by atoms with Gasteiger partial charge in [-0.1, -0.05) is 19.1 Å². The number of carbonyl (C=O) groups is 2. The Hall–Kier alpha value is -1.88. The SMILES string of the molecule is CC1CCNC1C(=O)NCc1cccc(C(N)=O)c1. The van der Waals surface area contributed by atoms with Crippen molar-refractivity contribution in [2.75, 3.05) is 6.54 Å². The summed E-state index contributed by atoms with van der Waals surface area (Å²) < 4.78 is 0. The summed E-state index contributed by atoms with van der Waals surface area (Å²) in [7, 11) is 0. The molecule has 1 aliphatic heterocycles. The van der Waals surface area contributed by atoms with Crippen molar-refractivity contribution in [3.8, 4) is 0 Å². The lowest BCUT2D eigenvalue weighted by molar-refractivity contribution is -0.123. The third-order valence-corrected chi connectivity index (χ3v) is 3.49. The summed E-state index contributed by atoms with van der Waals surface area (Å²) in [5.41, 5.74) is 6.55. The number of hydrogen-bond acceptors (Lipinski definition) is 3. The number of hydrogen-bond donors (Lipinski definition) is 3. The van der Waals surface area contributed by atoms with E-state index in [1.807, 2.05) is 6.07 Å². The summed E-state index contributed by atoms with van der Waals surface area (Å²) in [5, 5.41) is 6.07. The number of nitrogens with two attached hydrogens (primary N) is 1. The van der Waals surface area contributed by atoms with E-state index < -0.39 is 5.91 Å². The first-order chi connectivity index (χ1) is 9.08. The summed E-state index contributed by atoms with van der Waals surface area (Å²) in [6.07, 6.45) is 1.02. The molecular formula is C14H19N3O2. The van der Waals surface area contributed by atoms with E-state index in [0.717, 1.165) is 18.5 Å². The lowest BCUT2D eigenvalue weighted by atomic mass is 10.0. The van der Waals surface area contributed by atoms with Gasteiger partial charge in [0, 0.05) is 12.1 Å². The first-order valence-corrected chi connectivity index (χ1v) is 6.48. The highest BCUT2D eigenvalue weighted by molar-refractivity contribution is 5.92. The highest BCUT2D eigenvalue weighted by Gasteiger charge is 2.28. The molecule has 1 aliphatic rings. The molecule has 1 saturated heterocycles. The Kier molecular flexibility index (Phi) is 4.16. The number of carbonyl (C=O) groups excluding carboxylic acids is 2. The fraction of sp³-hybridized carbons (Fsp3) is 0.429. The van der Waals surface area contributed by atoms with Crippen molar-refractivity contribution in [3.05, 3.63) is 35.4 Å². The maximum absolute atomic E-state index is 12.0. The Morgan fingerprint density at radius 3 is 2.89 bits per heavy atom. The Morgan fingerprint density at radius 1 is 1.47 bits per heavy atom. The third-order valence-electron chi connectivity index (χ3n) is 3.49. The number of rotatable bonds is 4. The van der Waals surface area contributed by atoms with Crippen LogP contribution in [0.4, 0.5) is 0 Å². The van der Waals surface area contributed by atoms with E-state index >= 15 is 0 Å². The zero-order valence-corrected chi connectivity index (χ0v) is 11.0. The van der Waals surface area contributed by atoms with Crippen LogP contribution in [0.3, 0.4) is 0 Å². The molecule has 0 spiro atoms. The summed E-state index contributed by atoms with van der Waals surface area (Å²) in [6, 6.07) is 6.87. The third kappa shape index (κ3) is 3.32. The zero-order valence-electron chi connectivity index (χ0n) is 11.0. The summed E-state index contributed by atoms with van der Waals surface area (Å²) in [5.74, 6) is -0.0920. The van der Waals surface area contributed by atoms with Crippen LogP contribution in [0.25, 0.3) is 0 Å². The maximum atomic E-state index is 12.0. The van der Waals surface area contributed by atoms with Crippen LogP contribution >= 0.6 is 0 Å². The Balaban J connectivity index is 1.93. The van der Waals surface area contributed by atoms with Crippen LogP contribution < -0.4 is 16.4 Å². The lowest BCUT2D eigenvalue weighted by Crippen LogP contribution is -2.42. The molecule has 5 nitrogen and oxygen atoms in total. The Morgan fingerprint density at radius 2 is 2.26 bits per heavy atom. The van der Waals surface area contributed by atoms with Gasteiger partial charge in [-0.25, -0.2) is 0 Å². The molecule has 2 amide bonds.